The molecule has 0 radical (unpaired) electrons. The van der Waals surface area contributed by atoms with Gasteiger partial charge in [0.25, 0.3) is 11.8 Å². The van der Waals surface area contributed by atoms with E-state index >= 15 is 0 Å². The summed E-state index contributed by atoms with van der Waals surface area (Å²) in [4.78, 5) is 28.9. The fourth-order valence-corrected chi connectivity index (χ4v) is 4.87. The van der Waals surface area contributed by atoms with Gasteiger partial charge in [-0.15, -0.1) is 23.1 Å². The highest BCUT2D eigenvalue weighted by Gasteiger charge is 2.41. The van der Waals surface area contributed by atoms with Crippen LogP contribution in [0.1, 0.15) is 16.2 Å². The summed E-state index contributed by atoms with van der Waals surface area (Å²) in [5, 5.41) is 2.37. The molecule has 27 heavy (non-hydrogen) atoms. The Labute approximate surface area is 169 Å². The Kier molecular flexibility index (Phi) is 4.95. The summed E-state index contributed by atoms with van der Waals surface area (Å²) >= 11 is 8.87. The van der Waals surface area contributed by atoms with Crippen molar-refractivity contribution in [3.63, 3.8) is 0 Å². The van der Waals surface area contributed by atoms with Crippen LogP contribution in [-0.2, 0) is 15.3 Å². The van der Waals surface area contributed by atoms with Crippen LogP contribution in [0.15, 0.2) is 63.4 Å². The zero-order valence-corrected chi connectivity index (χ0v) is 16.7. The number of hydrogen-bond donors (Lipinski definition) is 0. The Bertz CT molecular complexity index is 1040. The second-order valence-corrected chi connectivity index (χ2v) is 8.30. The van der Waals surface area contributed by atoms with Gasteiger partial charge in [-0.2, -0.15) is 0 Å². The van der Waals surface area contributed by atoms with Crippen LogP contribution in [-0.4, -0.2) is 11.8 Å². The first-order valence-corrected chi connectivity index (χ1v) is 10.4. The smallest absolute Gasteiger partial charge is 0.272 e. The molecule has 0 N–H and O–H groups in total. The molecule has 0 saturated heterocycles. The number of amides is 2. The van der Waals surface area contributed by atoms with Gasteiger partial charge >= 0.3 is 0 Å². The van der Waals surface area contributed by atoms with Crippen LogP contribution in [0.25, 0.3) is 5.57 Å². The van der Waals surface area contributed by atoms with Crippen molar-refractivity contribution in [1.82, 2.24) is 0 Å². The SMILES string of the molecule is Cc1ccc(Cl)cc1N1C(=O)C(SCc2ccco2)=C(c2cccs2)C1=O. The number of thioether (sulfide) groups is 1. The second-order valence-electron chi connectivity index (χ2n) is 5.93. The number of imide groups is 1. The zero-order valence-electron chi connectivity index (χ0n) is 14.3. The summed E-state index contributed by atoms with van der Waals surface area (Å²) in [5.74, 6) is 0.564. The van der Waals surface area contributed by atoms with Crippen LogP contribution in [0, 0.1) is 6.92 Å². The molecule has 1 aliphatic rings. The number of benzene rings is 1. The third kappa shape index (κ3) is 3.36. The van der Waals surface area contributed by atoms with E-state index in [1.165, 1.54) is 28.0 Å². The molecule has 1 aromatic carbocycles. The van der Waals surface area contributed by atoms with E-state index < -0.39 is 0 Å². The average Bonchev–Trinajstić information content (AvgIpc) is 3.38. The number of furan rings is 1. The molecule has 0 unspecified atom stereocenters. The Balaban J connectivity index is 1.76. The second kappa shape index (κ2) is 7.38. The van der Waals surface area contributed by atoms with Gasteiger partial charge in [-0.3, -0.25) is 9.59 Å². The van der Waals surface area contributed by atoms with Crippen molar-refractivity contribution in [2.45, 2.75) is 12.7 Å². The summed E-state index contributed by atoms with van der Waals surface area (Å²) in [7, 11) is 0. The van der Waals surface area contributed by atoms with Crippen LogP contribution in [0.5, 0.6) is 0 Å². The van der Waals surface area contributed by atoms with Gasteiger partial charge in [0.2, 0.25) is 0 Å². The lowest BCUT2D eigenvalue weighted by Gasteiger charge is -2.18. The third-order valence-corrected chi connectivity index (χ3v) is 6.38. The van der Waals surface area contributed by atoms with Crippen molar-refractivity contribution in [3.8, 4) is 0 Å². The van der Waals surface area contributed by atoms with Gasteiger partial charge in [-0.1, -0.05) is 23.7 Å². The van der Waals surface area contributed by atoms with Crippen LogP contribution in [0.2, 0.25) is 5.02 Å². The highest BCUT2D eigenvalue weighted by atomic mass is 35.5. The molecule has 136 valence electrons. The molecule has 3 aromatic rings. The molecular formula is C20H14ClNO3S2. The number of rotatable bonds is 5. The molecule has 2 aromatic heterocycles. The van der Waals surface area contributed by atoms with Crippen molar-refractivity contribution >= 4 is 57.8 Å². The van der Waals surface area contributed by atoms with E-state index in [-0.39, 0.29) is 11.8 Å². The number of hydrogen-bond acceptors (Lipinski definition) is 5. The maximum atomic E-state index is 13.2. The normalized spacial score (nSPS) is 14.5. The minimum absolute atomic E-state index is 0.324. The molecule has 7 heteroatoms. The predicted molar refractivity (Wildman–Crippen MR) is 110 cm³/mol. The molecule has 1 aliphatic heterocycles. The van der Waals surface area contributed by atoms with Gasteiger partial charge in [0.1, 0.15) is 5.76 Å². The standard InChI is InChI=1S/C20H14ClNO3S2/c1-12-6-7-13(21)10-15(12)22-19(23)17(16-5-3-9-26-16)18(20(22)24)27-11-14-4-2-8-25-14/h2-10H,11H2,1H3. The van der Waals surface area contributed by atoms with Crippen LogP contribution in [0.4, 0.5) is 5.69 Å². The summed E-state index contributed by atoms with van der Waals surface area (Å²) in [6.07, 6.45) is 1.59. The monoisotopic (exact) mass is 415 g/mol. The van der Waals surface area contributed by atoms with Gasteiger partial charge in [0.15, 0.2) is 0 Å². The summed E-state index contributed by atoms with van der Waals surface area (Å²) in [6.45, 7) is 1.85. The van der Waals surface area contributed by atoms with E-state index in [2.05, 4.69) is 0 Å². The van der Waals surface area contributed by atoms with Crippen molar-refractivity contribution < 1.29 is 14.0 Å². The van der Waals surface area contributed by atoms with E-state index in [0.717, 1.165) is 16.2 Å². The lowest BCUT2D eigenvalue weighted by molar-refractivity contribution is -0.119. The Hall–Kier alpha value is -2.28. The van der Waals surface area contributed by atoms with E-state index in [9.17, 15) is 9.59 Å². The minimum Gasteiger partial charge on any atom is -0.468 e. The number of anilines is 1. The fraction of sp³-hybridized carbons (Fsp3) is 0.100. The molecule has 0 aliphatic carbocycles. The highest BCUT2D eigenvalue weighted by molar-refractivity contribution is 8.03. The van der Waals surface area contributed by atoms with Crippen LogP contribution >= 0.6 is 34.7 Å². The maximum absolute atomic E-state index is 13.2. The quantitative estimate of drug-likeness (QED) is 0.515. The first kappa shape index (κ1) is 18.1. The minimum atomic E-state index is -0.328. The lowest BCUT2D eigenvalue weighted by Crippen LogP contribution is -2.31. The molecule has 0 bridgehead atoms. The van der Waals surface area contributed by atoms with Gasteiger partial charge in [0, 0.05) is 9.90 Å². The Morgan fingerprint density at radius 3 is 2.70 bits per heavy atom. The topological polar surface area (TPSA) is 50.5 Å². The van der Waals surface area contributed by atoms with Gasteiger partial charge < -0.3 is 4.42 Å². The van der Waals surface area contributed by atoms with Crippen molar-refractivity contribution in [2.75, 3.05) is 4.90 Å². The zero-order chi connectivity index (χ0) is 19.0. The number of thiophene rings is 1. The highest BCUT2D eigenvalue weighted by Crippen LogP contribution is 2.41. The van der Waals surface area contributed by atoms with E-state index in [4.69, 9.17) is 16.0 Å². The fourth-order valence-electron chi connectivity index (χ4n) is 2.86. The Morgan fingerprint density at radius 1 is 1.15 bits per heavy atom. The third-order valence-electron chi connectivity index (χ3n) is 4.16. The number of carbonyl (C=O) groups is 2. The predicted octanol–water partition coefficient (Wildman–Crippen LogP) is 5.52. The molecule has 2 amide bonds. The van der Waals surface area contributed by atoms with Crippen molar-refractivity contribution in [1.29, 1.82) is 0 Å². The van der Waals surface area contributed by atoms with E-state index in [0.29, 0.717) is 26.9 Å². The van der Waals surface area contributed by atoms with E-state index in [1.54, 1.807) is 30.5 Å². The first-order chi connectivity index (χ1) is 13.1. The summed E-state index contributed by atoms with van der Waals surface area (Å²) in [6, 6.07) is 12.6. The number of aryl methyl sites for hydroxylation is 1. The maximum Gasteiger partial charge on any atom is 0.272 e. The van der Waals surface area contributed by atoms with Gasteiger partial charge in [-0.25, -0.2) is 4.90 Å². The molecule has 0 atom stereocenters. The lowest BCUT2D eigenvalue weighted by atomic mass is 10.1. The molecule has 4 rings (SSSR count). The van der Waals surface area contributed by atoms with Crippen molar-refractivity contribution in [2.24, 2.45) is 0 Å². The molecule has 0 saturated carbocycles. The molecule has 0 fully saturated rings. The van der Waals surface area contributed by atoms with Gasteiger partial charge in [0.05, 0.1) is 28.2 Å². The van der Waals surface area contributed by atoms with E-state index in [1.807, 2.05) is 30.5 Å². The molecular weight excluding hydrogens is 402 g/mol. The summed E-state index contributed by atoms with van der Waals surface area (Å²) < 4.78 is 5.36. The number of carbonyl (C=O) groups excluding carboxylic acids is 2. The average molecular weight is 416 g/mol. The molecule has 3 heterocycles. The van der Waals surface area contributed by atoms with Gasteiger partial charge in [-0.05, 0) is 48.2 Å². The molecule has 4 nitrogen and oxygen atoms in total. The largest absolute Gasteiger partial charge is 0.468 e. The molecule has 0 spiro atoms. The summed E-state index contributed by atoms with van der Waals surface area (Å²) in [5.41, 5.74) is 1.76. The van der Waals surface area contributed by atoms with Crippen LogP contribution < -0.4 is 4.90 Å². The Morgan fingerprint density at radius 2 is 2.00 bits per heavy atom. The van der Waals surface area contributed by atoms with Crippen LogP contribution in [0.3, 0.4) is 0 Å². The first-order valence-electron chi connectivity index (χ1n) is 8.14. The number of halogens is 1. The number of nitrogens with zero attached hydrogens (tertiary/aromatic N) is 1. The van der Waals surface area contributed by atoms with Crippen molar-refractivity contribution in [3.05, 3.63) is 80.2 Å².